The van der Waals surface area contributed by atoms with Gasteiger partial charge >= 0.3 is 0 Å². The number of rotatable bonds is 12. The van der Waals surface area contributed by atoms with E-state index in [0.717, 1.165) is 45.3 Å². The van der Waals surface area contributed by atoms with Gasteiger partial charge in [0.05, 0.1) is 0 Å². The molecule has 12 aromatic rings. The molecule has 0 bridgehead atoms. The number of nitrogens with zero attached hydrogens (tertiary/aromatic N) is 2. The lowest BCUT2D eigenvalue weighted by molar-refractivity contribution is 0.660. The second-order valence-electron chi connectivity index (χ2n) is 20.5. The minimum atomic E-state index is -0.133. The first kappa shape index (κ1) is 47.0. The summed E-state index contributed by atoms with van der Waals surface area (Å²) in [5, 5.41) is 0. The van der Waals surface area contributed by atoms with Crippen molar-refractivity contribution in [3.05, 3.63) is 314 Å². The summed E-state index contributed by atoms with van der Waals surface area (Å²) >= 11 is 0. The molecule has 0 atom stereocenters. The zero-order chi connectivity index (χ0) is 51.7. The van der Waals surface area contributed by atoms with Gasteiger partial charge < -0.3 is 9.80 Å². The van der Waals surface area contributed by atoms with Gasteiger partial charge in [-0.15, -0.1) is 0 Å². The highest BCUT2D eigenvalue weighted by Crippen LogP contribution is 2.51. The smallest absolute Gasteiger partial charge is 0.0465 e. The van der Waals surface area contributed by atoms with Crippen LogP contribution >= 0.6 is 0 Å². The second-order valence-corrected chi connectivity index (χ2v) is 20.5. The molecule has 0 amide bonds. The van der Waals surface area contributed by atoms with E-state index >= 15 is 0 Å². The molecule has 0 aliphatic heterocycles. The lowest BCUT2D eigenvalue weighted by Gasteiger charge is -2.28. The molecule has 0 saturated heterocycles. The SMILES string of the molecule is CC1(C)c2ccccc2-c2ccc(N(c3ccc(-c4ccccc4)cc3)c3ccc(-c4cc(-c5ccccc5)c(-c5ccc(N(c6ccccc6)c6ccc(-c7ccccc7)cc6)cc5)cc4-c4ccccc4)cc3)cc21. The predicted molar refractivity (Wildman–Crippen MR) is 326 cm³/mol. The van der Waals surface area contributed by atoms with Crippen LogP contribution in [0.25, 0.3) is 77.9 Å². The van der Waals surface area contributed by atoms with Crippen molar-refractivity contribution >= 4 is 34.1 Å². The standard InChI is InChI=1S/C75H56N2/c1-75(2)73-31-19-18-30-67(73)68-49-48-66(50-74(68)75)77(64-42-34-56(35-43-64)54-22-10-4-11-23-54)65-46-38-60(39-47-65)72-52-69(57-24-12-5-13-25-57)71(51-70(72)58-26-14-6-15-27-58)59-36-44-63(45-37-59)76(61-28-16-7-17-29-61)62-40-32-55(33-41-62)53-20-8-3-9-21-53/h3-52H,1-2H3. The van der Waals surface area contributed by atoms with Gasteiger partial charge in [-0.2, -0.15) is 0 Å². The Hall–Kier alpha value is -9.76. The Labute approximate surface area is 453 Å². The summed E-state index contributed by atoms with van der Waals surface area (Å²) in [6, 6.07) is 111. The summed E-state index contributed by atoms with van der Waals surface area (Å²) in [7, 11) is 0. The molecule has 0 N–H and O–H groups in total. The number of benzene rings is 12. The van der Waals surface area contributed by atoms with Crippen LogP contribution in [0.3, 0.4) is 0 Å². The monoisotopic (exact) mass is 984 g/mol. The van der Waals surface area contributed by atoms with Crippen molar-refractivity contribution in [2.45, 2.75) is 19.3 Å². The zero-order valence-corrected chi connectivity index (χ0v) is 43.3. The first-order chi connectivity index (χ1) is 37.9. The average Bonchev–Trinajstić information content (AvgIpc) is 3.83. The van der Waals surface area contributed by atoms with Gasteiger partial charge in [-0.25, -0.2) is 0 Å². The maximum atomic E-state index is 2.42. The molecule has 0 spiro atoms. The largest absolute Gasteiger partial charge is 0.311 e. The van der Waals surface area contributed by atoms with Gasteiger partial charge in [0.25, 0.3) is 0 Å². The molecule has 0 saturated carbocycles. The van der Waals surface area contributed by atoms with E-state index in [9.17, 15) is 0 Å². The van der Waals surface area contributed by atoms with Gasteiger partial charge in [-0.05, 0) is 174 Å². The van der Waals surface area contributed by atoms with E-state index < -0.39 is 0 Å². The van der Waals surface area contributed by atoms with Crippen molar-refractivity contribution in [2.24, 2.45) is 0 Å². The highest BCUT2D eigenvalue weighted by atomic mass is 15.1. The van der Waals surface area contributed by atoms with Crippen LogP contribution in [0.2, 0.25) is 0 Å². The van der Waals surface area contributed by atoms with E-state index in [1.54, 1.807) is 0 Å². The van der Waals surface area contributed by atoms with Crippen molar-refractivity contribution in [1.29, 1.82) is 0 Å². The molecule has 77 heavy (non-hydrogen) atoms. The summed E-state index contributed by atoms with van der Waals surface area (Å²) in [5.41, 5.74) is 25.9. The third-order valence-corrected chi connectivity index (χ3v) is 15.5. The predicted octanol–water partition coefficient (Wildman–Crippen LogP) is 20.9. The molecular weight excluding hydrogens is 929 g/mol. The van der Waals surface area contributed by atoms with Gasteiger partial charge in [-0.3, -0.25) is 0 Å². The van der Waals surface area contributed by atoms with E-state index in [-0.39, 0.29) is 5.41 Å². The summed E-state index contributed by atoms with van der Waals surface area (Å²) in [4.78, 5) is 4.75. The van der Waals surface area contributed by atoms with Gasteiger partial charge in [0.15, 0.2) is 0 Å². The lowest BCUT2D eigenvalue weighted by Crippen LogP contribution is -2.16. The fourth-order valence-electron chi connectivity index (χ4n) is 11.5. The Balaban J connectivity index is 0.910. The third kappa shape index (κ3) is 9.00. The van der Waals surface area contributed by atoms with E-state index in [2.05, 4.69) is 327 Å². The molecule has 1 aliphatic carbocycles. The molecule has 2 heteroatoms. The quantitative estimate of drug-likeness (QED) is 0.120. The number of hydrogen-bond donors (Lipinski definition) is 0. The van der Waals surface area contributed by atoms with Crippen LogP contribution in [0.4, 0.5) is 34.1 Å². The maximum Gasteiger partial charge on any atom is 0.0465 e. The normalized spacial score (nSPS) is 12.1. The molecule has 0 unspecified atom stereocenters. The topological polar surface area (TPSA) is 6.48 Å². The van der Waals surface area contributed by atoms with E-state index in [1.165, 1.54) is 77.9 Å². The highest BCUT2D eigenvalue weighted by molar-refractivity contribution is 5.96. The molecule has 1 aliphatic rings. The zero-order valence-electron chi connectivity index (χ0n) is 43.3. The van der Waals surface area contributed by atoms with Crippen LogP contribution in [0.1, 0.15) is 25.0 Å². The van der Waals surface area contributed by atoms with Crippen LogP contribution < -0.4 is 9.80 Å². The fourth-order valence-corrected chi connectivity index (χ4v) is 11.5. The van der Waals surface area contributed by atoms with Crippen LogP contribution in [-0.4, -0.2) is 0 Å². The molecule has 0 aromatic heterocycles. The summed E-state index contributed by atoms with van der Waals surface area (Å²) in [6.45, 7) is 4.71. The maximum absolute atomic E-state index is 2.42. The number of para-hydroxylation sites is 1. The molecule has 12 aromatic carbocycles. The van der Waals surface area contributed by atoms with Gasteiger partial charge in [0.1, 0.15) is 0 Å². The lowest BCUT2D eigenvalue weighted by atomic mass is 9.82. The highest BCUT2D eigenvalue weighted by Gasteiger charge is 2.36. The number of fused-ring (bicyclic) bond motifs is 3. The Morgan fingerprint density at radius 1 is 0.195 bits per heavy atom. The van der Waals surface area contributed by atoms with E-state index in [4.69, 9.17) is 0 Å². The fraction of sp³-hybridized carbons (Fsp3) is 0.0400. The van der Waals surface area contributed by atoms with Crippen LogP contribution in [0, 0.1) is 0 Å². The first-order valence-electron chi connectivity index (χ1n) is 26.7. The van der Waals surface area contributed by atoms with Gasteiger partial charge in [-0.1, -0.05) is 232 Å². The van der Waals surface area contributed by atoms with Crippen LogP contribution in [-0.2, 0) is 5.41 Å². The average molecular weight is 985 g/mol. The molecule has 0 heterocycles. The Morgan fingerprint density at radius 3 is 0.883 bits per heavy atom. The summed E-state index contributed by atoms with van der Waals surface area (Å²) in [6.07, 6.45) is 0. The second kappa shape index (κ2) is 20.2. The van der Waals surface area contributed by atoms with Gasteiger partial charge in [0.2, 0.25) is 0 Å². The van der Waals surface area contributed by atoms with Crippen molar-refractivity contribution < 1.29 is 0 Å². The molecule has 2 nitrogen and oxygen atoms in total. The molecule has 0 radical (unpaired) electrons. The van der Waals surface area contributed by atoms with Crippen LogP contribution in [0.15, 0.2) is 303 Å². The summed E-state index contributed by atoms with van der Waals surface area (Å²) < 4.78 is 0. The van der Waals surface area contributed by atoms with E-state index in [0.29, 0.717) is 0 Å². The van der Waals surface area contributed by atoms with Crippen LogP contribution in [0.5, 0.6) is 0 Å². The number of hydrogen-bond acceptors (Lipinski definition) is 2. The third-order valence-electron chi connectivity index (χ3n) is 15.5. The van der Waals surface area contributed by atoms with Gasteiger partial charge in [0, 0.05) is 39.5 Å². The molecule has 0 fully saturated rings. The first-order valence-corrected chi connectivity index (χ1v) is 26.7. The Morgan fingerprint density at radius 2 is 0.468 bits per heavy atom. The Kier molecular flexibility index (Phi) is 12.3. The van der Waals surface area contributed by atoms with Crippen molar-refractivity contribution in [3.8, 4) is 77.9 Å². The minimum absolute atomic E-state index is 0.133. The van der Waals surface area contributed by atoms with E-state index in [1.807, 2.05) is 0 Å². The van der Waals surface area contributed by atoms with Crippen molar-refractivity contribution in [2.75, 3.05) is 9.80 Å². The molecular formula is C75H56N2. The molecule has 366 valence electrons. The molecule has 13 rings (SSSR count). The van der Waals surface area contributed by atoms with Crippen molar-refractivity contribution in [3.63, 3.8) is 0 Å². The number of anilines is 6. The Bertz CT molecular complexity index is 3980. The summed E-state index contributed by atoms with van der Waals surface area (Å²) in [5.74, 6) is 0. The van der Waals surface area contributed by atoms with Crippen molar-refractivity contribution in [1.82, 2.24) is 0 Å². The minimum Gasteiger partial charge on any atom is -0.311 e.